The smallest absolute Gasteiger partial charge is 0.321 e. The van der Waals surface area contributed by atoms with E-state index in [0.29, 0.717) is 25.3 Å². The molecule has 3 amide bonds. The number of amides is 3. The summed E-state index contributed by atoms with van der Waals surface area (Å²) in [4.78, 5) is 30.9. The molecule has 0 aliphatic carbocycles. The summed E-state index contributed by atoms with van der Waals surface area (Å²) in [5, 5.41) is 5.61. The molecule has 0 aromatic carbocycles. The molecule has 0 bridgehead atoms. The Morgan fingerprint density at radius 2 is 2.05 bits per heavy atom. The van der Waals surface area contributed by atoms with Crippen molar-refractivity contribution in [3.63, 3.8) is 0 Å². The van der Waals surface area contributed by atoms with Crippen molar-refractivity contribution < 1.29 is 9.59 Å². The molecular weight excluding hydrogens is 270 g/mol. The lowest BCUT2D eigenvalue weighted by atomic mass is 10.3. The quantitative estimate of drug-likeness (QED) is 0.840. The fraction of sp³-hybridized carbons (Fsp3) is 0.500. The normalized spacial score (nSPS) is 15.6. The second kappa shape index (κ2) is 7.58. The molecular formula is C14H21N5O2. The monoisotopic (exact) mass is 291 g/mol. The summed E-state index contributed by atoms with van der Waals surface area (Å²) in [6.07, 6.45) is 3.30. The van der Waals surface area contributed by atoms with E-state index in [9.17, 15) is 9.59 Å². The van der Waals surface area contributed by atoms with Gasteiger partial charge in [-0.3, -0.25) is 14.7 Å². The largest absolute Gasteiger partial charge is 0.355 e. The van der Waals surface area contributed by atoms with Gasteiger partial charge in [-0.15, -0.1) is 0 Å². The van der Waals surface area contributed by atoms with Crippen molar-refractivity contribution in [2.24, 2.45) is 0 Å². The van der Waals surface area contributed by atoms with Crippen molar-refractivity contribution in [2.45, 2.75) is 6.92 Å². The average molecular weight is 291 g/mol. The minimum atomic E-state index is -0.0930. The predicted octanol–water partition coefficient (Wildman–Crippen LogP) is 0.367. The van der Waals surface area contributed by atoms with Crippen molar-refractivity contribution in [3.8, 4) is 0 Å². The van der Waals surface area contributed by atoms with E-state index < -0.39 is 0 Å². The van der Waals surface area contributed by atoms with Gasteiger partial charge in [0.2, 0.25) is 5.91 Å². The Morgan fingerprint density at radius 1 is 1.29 bits per heavy atom. The van der Waals surface area contributed by atoms with Gasteiger partial charge < -0.3 is 15.5 Å². The Hall–Kier alpha value is -2.15. The van der Waals surface area contributed by atoms with Crippen LogP contribution in [0.3, 0.4) is 0 Å². The van der Waals surface area contributed by atoms with Crippen LogP contribution in [0.25, 0.3) is 0 Å². The van der Waals surface area contributed by atoms with E-state index in [-0.39, 0.29) is 11.9 Å². The van der Waals surface area contributed by atoms with Crippen LogP contribution in [0.1, 0.15) is 6.92 Å². The fourth-order valence-electron chi connectivity index (χ4n) is 2.20. The van der Waals surface area contributed by atoms with E-state index in [1.165, 1.54) is 6.92 Å². The number of anilines is 1. The number of rotatable bonds is 4. The van der Waals surface area contributed by atoms with Crippen LogP contribution in [-0.4, -0.2) is 66.0 Å². The Labute approximate surface area is 124 Å². The minimum absolute atomic E-state index is 0.00974. The molecule has 2 N–H and O–H groups in total. The van der Waals surface area contributed by atoms with Crippen LogP contribution in [-0.2, 0) is 4.79 Å². The number of nitrogens with one attached hydrogen (secondary N) is 2. The van der Waals surface area contributed by atoms with Crippen LogP contribution in [0.15, 0.2) is 24.5 Å². The third-order valence-electron chi connectivity index (χ3n) is 3.37. The molecule has 1 aliphatic heterocycles. The first kappa shape index (κ1) is 15.2. The molecule has 1 aromatic rings. The number of hydrogen-bond acceptors (Lipinski definition) is 4. The van der Waals surface area contributed by atoms with Gasteiger partial charge >= 0.3 is 6.03 Å². The molecule has 1 saturated heterocycles. The molecule has 1 aromatic heterocycles. The molecule has 7 nitrogen and oxygen atoms in total. The average Bonchev–Trinajstić information content (AvgIpc) is 2.48. The van der Waals surface area contributed by atoms with E-state index in [2.05, 4.69) is 20.5 Å². The van der Waals surface area contributed by atoms with Crippen molar-refractivity contribution in [1.29, 1.82) is 0 Å². The highest BCUT2D eigenvalue weighted by atomic mass is 16.2. The third-order valence-corrected chi connectivity index (χ3v) is 3.37. The van der Waals surface area contributed by atoms with Crippen molar-refractivity contribution in [1.82, 2.24) is 20.1 Å². The highest BCUT2D eigenvalue weighted by Crippen LogP contribution is 2.07. The molecule has 0 radical (unpaired) electrons. The summed E-state index contributed by atoms with van der Waals surface area (Å²) in [5.41, 5.74) is 0.704. The highest BCUT2D eigenvalue weighted by Gasteiger charge is 2.20. The van der Waals surface area contributed by atoms with Crippen LogP contribution in [0.2, 0.25) is 0 Å². The molecule has 0 spiro atoms. The van der Waals surface area contributed by atoms with Crippen molar-refractivity contribution >= 4 is 17.6 Å². The Kier molecular flexibility index (Phi) is 5.51. The topological polar surface area (TPSA) is 77.6 Å². The van der Waals surface area contributed by atoms with Gasteiger partial charge in [-0.1, -0.05) is 0 Å². The molecule has 1 fully saturated rings. The van der Waals surface area contributed by atoms with Gasteiger partial charge in [0.1, 0.15) is 0 Å². The molecule has 0 saturated carbocycles. The lowest BCUT2D eigenvalue weighted by molar-refractivity contribution is -0.119. The van der Waals surface area contributed by atoms with E-state index in [1.807, 2.05) is 6.07 Å². The lowest BCUT2D eigenvalue weighted by Crippen LogP contribution is -2.51. The molecule has 7 heteroatoms. The second-order valence-corrected chi connectivity index (χ2v) is 4.98. The number of piperazine rings is 1. The minimum Gasteiger partial charge on any atom is -0.355 e. The van der Waals surface area contributed by atoms with Gasteiger partial charge in [0.05, 0.1) is 11.9 Å². The SMILES string of the molecule is CC(=O)NCCN1CCN(C(=O)Nc2cccnc2)CC1. The molecule has 114 valence electrons. The van der Waals surface area contributed by atoms with Gasteiger partial charge in [0.25, 0.3) is 0 Å². The van der Waals surface area contributed by atoms with Crippen LogP contribution in [0.4, 0.5) is 10.5 Å². The van der Waals surface area contributed by atoms with E-state index >= 15 is 0 Å². The van der Waals surface area contributed by atoms with Gasteiger partial charge in [-0.2, -0.15) is 0 Å². The van der Waals surface area contributed by atoms with E-state index in [4.69, 9.17) is 0 Å². The zero-order chi connectivity index (χ0) is 15.1. The maximum Gasteiger partial charge on any atom is 0.321 e. The molecule has 0 atom stereocenters. The summed E-state index contributed by atoms with van der Waals surface area (Å²) in [6, 6.07) is 3.51. The summed E-state index contributed by atoms with van der Waals surface area (Å²) >= 11 is 0. The maximum atomic E-state index is 12.1. The van der Waals surface area contributed by atoms with Gasteiger partial charge in [0.15, 0.2) is 0 Å². The number of hydrogen-bond donors (Lipinski definition) is 2. The maximum absolute atomic E-state index is 12.1. The molecule has 1 aliphatic rings. The lowest BCUT2D eigenvalue weighted by Gasteiger charge is -2.34. The predicted molar refractivity (Wildman–Crippen MR) is 80.0 cm³/mol. The third kappa shape index (κ3) is 5.03. The Bertz CT molecular complexity index is 472. The zero-order valence-electron chi connectivity index (χ0n) is 12.2. The van der Waals surface area contributed by atoms with Gasteiger partial charge in [0, 0.05) is 52.4 Å². The number of aromatic nitrogens is 1. The Balaban J connectivity index is 1.71. The second-order valence-electron chi connectivity index (χ2n) is 4.98. The summed E-state index contributed by atoms with van der Waals surface area (Å²) in [6.45, 7) is 5.99. The first-order valence-corrected chi connectivity index (χ1v) is 7.08. The molecule has 21 heavy (non-hydrogen) atoms. The van der Waals surface area contributed by atoms with Crippen LogP contribution >= 0.6 is 0 Å². The molecule has 2 rings (SSSR count). The first-order chi connectivity index (χ1) is 10.1. The van der Waals surface area contributed by atoms with Crippen LogP contribution < -0.4 is 10.6 Å². The van der Waals surface area contributed by atoms with Crippen LogP contribution in [0, 0.1) is 0 Å². The van der Waals surface area contributed by atoms with Gasteiger partial charge in [-0.05, 0) is 12.1 Å². The zero-order valence-corrected chi connectivity index (χ0v) is 12.2. The van der Waals surface area contributed by atoms with E-state index in [1.54, 1.807) is 23.4 Å². The Morgan fingerprint density at radius 3 is 2.67 bits per heavy atom. The number of urea groups is 1. The standard InChI is InChI=1S/C14H21N5O2/c1-12(20)16-5-6-18-7-9-19(10-8-18)14(21)17-13-3-2-4-15-11-13/h2-4,11H,5-10H2,1H3,(H,16,20)(H,17,21). The summed E-state index contributed by atoms with van der Waals surface area (Å²) < 4.78 is 0. The molecule has 2 heterocycles. The van der Waals surface area contributed by atoms with Crippen LogP contribution in [0.5, 0.6) is 0 Å². The number of nitrogens with zero attached hydrogens (tertiary/aromatic N) is 3. The number of carbonyl (C=O) groups excluding carboxylic acids is 2. The number of pyridine rings is 1. The summed E-state index contributed by atoms with van der Waals surface area (Å²) in [5.74, 6) is -0.00974. The number of carbonyl (C=O) groups is 2. The highest BCUT2D eigenvalue weighted by molar-refractivity contribution is 5.89. The van der Waals surface area contributed by atoms with E-state index in [0.717, 1.165) is 19.6 Å². The first-order valence-electron chi connectivity index (χ1n) is 7.08. The summed E-state index contributed by atoms with van der Waals surface area (Å²) in [7, 11) is 0. The fourth-order valence-corrected chi connectivity index (χ4v) is 2.20. The molecule has 0 unspecified atom stereocenters. The van der Waals surface area contributed by atoms with Crippen molar-refractivity contribution in [3.05, 3.63) is 24.5 Å². The van der Waals surface area contributed by atoms with Crippen molar-refractivity contribution in [2.75, 3.05) is 44.6 Å². The van der Waals surface area contributed by atoms with Gasteiger partial charge in [-0.25, -0.2) is 4.79 Å².